The second-order valence-electron chi connectivity index (χ2n) is 9.48. The predicted octanol–water partition coefficient (Wildman–Crippen LogP) is 4.34. The number of carbonyl (C=O) groups excluding carboxylic acids is 2. The van der Waals surface area contributed by atoms with E-state index in [0.717, 1.165) is 29.5 Å². The Balaban J connectivity index is 1.73. The van der Waals surface area contributed by atoms with E-state index in [4.69, 9.17) is 4.42 Å². The molecule has 1 heterocycles. The van der Waals surface area contributed by atoms with Gasteiger partial charge in [-0.25, -0.2) is 0 Å². The van der Waals surface area contributed by atoms with Crippen molar-refractivity contribution in [3.05, 3.63) is 94.9 Å². The lowest BCUT2D eigenvalue weighted by Crippen LogP contribution is -2.48. The molecule has 0 spiro atoms. The van der Waals surface area contributed by atoms with Crippen LogP contribution in [0, 0.1) is 6.92 Å². The number of hydrogen-bond donors (Lipinski definition) is 3. The monoisotopic (exact) mass is 505 g/mol. The topological polar surface area (TPSA) is 94.8 Å². The summed E-state index contributed by atoms with van der Waals surface area (Å²) in [6.45, 7) is 8.24. The van der Waals surface area contributed by atoms with Gasteiger partial charge in [0.2, 0.25) is 0 Å². The SMILES string of the molecule is CCCN(CCC)C(=O)c1cc(C)cc(C(=O)N[C@@H](Cc2ccoc2)[C@H](O)CNCc2ccccc2)c1. The Morgan fingerprint density at radius 2 is 1.68 bits per heavy atom. The van der Waals surface area contributed by atoms with E-state index in [-0.39, 0.29) is 11.8 Å². The summed E-state index contributed by atoms with van der Waals surface area (Å²) in [7, 11) is 0. The fourth-order valence-corrected chi connectivity index (χ4v) is 4.38. The summed E-state index contributed by atoms with van der Waals surface area (Å²) in [6, 6.07) is 16.5. The summed E-state index contributed by atoms with van der Waals surface area (Å²) in [4.78, 5) is 28.3. The number of rotatable bonds is 14. The van der Waals surface area contributed by atoms with Gasteiger partial charge in [-0.15, -0.1) is 0 Å². The van der Waals surface area contributed by atoms with Crippen LogP contribution in [0.5, 0.6) is 0 Å². The molecule has 0 aliphatic carbocycles. The summed E-state index contributed by atoms with van der Waals surface area (Å²) in [5, 5.41) is 17.3. The second kappa shape index (κ2) is 14.4. The van der Waals surface area contributed by atoms with Crippen molar-refractivity contribution in [1.82, 2.24) is 15.5 Å². The van der Waals surface area contributed by atoms with Crippen molar-refractivity contribution >= 4 is 11.8 Å². The number of nitrogens with zero attached hydrogens (tertiary/aromatic N) is 1. The summed E-state index contributed by atoms with van der Waals surface area (Å²) < 4.78 is 5.19. The molecule has 3 rings (SSSR count). The highest BCUT2D eigenvalue weighted by Crippen LogP contribution is 2.15. The smallest absolute Gasteiger partial charge is 0.253 e. The lowest BCUT2D eigenvalue weighted by molar-refractivity contribution is 0.0755. The molecule has 3 N–H and O–H groups in total. The van der Waals surface area contributed by atoms with E-state index in [1.165, 1.54) is 0 Å². The largest absolute Gasteiger partial charge is 0.472 e. The number of nitrogens with one attached hydrogen (secondary N) is 2. The van der Waals surface area contributed by atoms with Gasteiger partial charge in [-0.3, -0.25) is 9.59 Å². The maximum absolute atomic E-state index is 13.3. The molecule has 2 amide bonds. The van der Waals surface area contributed by atoms with Crippen LogP contribution < -0.4 is 10.6 Å². The summed E-state index contributed by atoms with van der Waals surface area (Å²) in [5.41, 5.74) is 3.73. The Kier molecular flexibility index (Phi) is 10.9. The minimum Gasteiger partial charge on any atom is -0.472 e. The molecule has 198 valence electrons. The molecule has 0 aliphatic rings. The highest BCUT2D eigenvalue weighted by atomic mass is 16.3. The van der Waals surface area contributed by atoms with Gasteiger partial charge in [0.05, 0.1) is 24.7 Å². The molecule has 2 atom stereocenters. The molecule has 0 saturated heterocycles. The zero-order valence-corrected chi connectivity index (χ0v) is 22.1. The number of hydrogen-bond acceptors (Lipinski definition) is 5. The Bertz CT molecular complexity index is 1110. The lowest BCUT2D eigenvalue weighted by atomic mass is 10.0. The molecule has 2 aromatic carbocycles. The first-order valence-corrected chi connectivity index (χ1v) is 13.1. The molecule has 0 unspecified atom stereocenters. The summed E-state index contributed by atoms with van der Waals surface area (Å²) >= 11 is 0. The first-order chi connectivity index (χ1) is 17.9. The van der Waals surface area contributed by atoms with Crippen molar-refractivity contribution in [2.75, 3.05) is 19.6 Å². The molecule has 3 aromatic rings. The summed E-state index contributed by atoms with van der Waals surface area (Å²) in [6.07, 6.45) is 4.51. The molecule has 7 heteroatoms. The number of aryl methyl sites for hydroxylation is 1. The van der Waals surface area contributed by atoms with Gasteiger partial charge in [0, 0.05) is 37.3 Å². The van der Waals surface area contributed by atoms with Crippen LogP contribution >= 0.6 is 0 Å². The van der Waals surface area contributed by atoms with Gasteiger partial charge in [0.15, 0.2) is 0 Å². The van der Waals surface area contributed by atoms with Gasteiger partial charge in [0.25, 0.3) is 11.8 Å². The second-order valence-corrected chi connectivity index (χ2v) is 9.48. The maximum Gasteiger partial charge on any atom is 0.253 e. The van der Waals surface area contributed by atoms with Crippen LogP contribution in [0.2, 0.25) is 0 Å². The molecule has 37 heavy (non-hydrogen) atoms. The van der Waals surface area contributed by atoms with Crippen LogP contribution in [-0.4, -0.2) is 53.6 Å². The highest BCUT2D eigenvalue weighted by molar-refractivity contribution is 6.00. The normalized spacial score (nSPS) is 12.6. The van der Waals surface area contributed by atoms with Crippen molar-refractivity contribution in [2.24, 2.45) is 0 Å². The number of aliphatic hydroxyl groups excluding tert-OH is 1. The van der Waals surface area contributed by atoms with Gasteiger partial charge in [-0.05, 0) is 67.1 Å². The first-order valence-electron chi connectivity index (χ1n) is 13.1. The van der Waals surface area contributed by atoms with Crippen LogP contribution in [0.15, 0.2) is 71.5 Å². The lowest BCUT2D eigenvalue weighted by Gasteiger charge is -2.25. The Morgan fingerprint density at radius 1 is 0.973 bits per heavy atom. The average molecular weight is 506 g/mol. The highest BCUT2D eigenvalue weighted by Gasteiger charge is 2.24. The molecule has 0 bridgehead atoms. The van der Waals surface area contributed by atoms with E-state index >= 15 is 0 Å². The van der Waals surface area contributed by atoms with E-state index in [9.17, 15) is 14.7 Å². The molecule has 7 nitrogen and oxygen atoms in total. The minimum absolute atomic E-state index is 0.0680. The fourth-order valence-electron chi connectivity index (χ4n) is 4.38. The fraction of sp³-hybridized carbons (Fsp3) is 0.400. The molecule has 0 fully saturated rings. The van der Waals surface area contributed by atoms with E-state index < -0.39 is 12.1 Å². The number of furan rings is 1. The molecule has 0 saturated carbocycles. The predicted molar refractivity (Wildman–Crippen MR) is 145 cm³/mol. The van der Waals surface area contributed by atoms with Gasteiger partial charge in [-0.1, -0.05) is 44.2 Å². The Morgan fingerprint density at radius 3 is 2.32 bits per heavy atom. The number of benzene rings is 2. The van der Waals surface area contributed by atoms with Gasteiger partial charge < -0.3 is 25.1 Å². The van der Waals surface area contributed by atoms with Gasteiger partial charge in [-0.2, -0.15) is 0 Å². The average Bonchev–Trinajstić information content (AvgIpc) is 3.41. The Labute approximate surface area is 219 Å². The van der Waals surface area contributed by atoms with Crippen LogP contribution in [0.1, 0.15) is 64.1 Å². The first kappa shape index (κ1) is 28.2. The zero-order valence-electron chi connectivity index (χ0n) is 22.1. The standard InChI is InChI=1S/C30H39N3O4/c1-4-12-33(13-5-2)30(36)26-16-22(3)15-25(18-26)29(35)32-27(17-24-11-14-37-21-24)28(34)20-31-19-23-9-7-6-8-10-23/h6-11,14-16,18,21,27-28,31,34H,4-5,12-13,17,19-20H2,1-3H3,(H,32,35)/t27-,28+/m0/s1. The van der Waals surface area contributed by atoms with Crippen molar-refractivity contribution in [3.63, 3.8) is 0 Å². The number of amides is 2. The van der Waals surface area contributed by atoms with Crippen molar-refractivity contribution in [1.29, 1.82) is 0 Å². The van der Waals surface area contributed by atoms with E-state index in [1.54, 1.807) is 24.7 Å². The third kappa shape index (κ3) is 8.58. The van der Waals surface area contributed by atoms with Crippen molar-refractivity contribution in [3.8, 4) is 0 Å². The quantitative estimate of drug-likeness (QED) is 0.303. The number of carbonyl (C=O) groups is 2. The van der Waals surface area contributed by atoms with E-state index in [2.05, 4.69) is 10.6 Å². The van der Waals surface area contributed by atoms with Gasteiger partial charge >= 0.3 is 0 Å². The zero-order chi connectivity index (χ0) is 26.6. The van der Waals surface area contributed by atoms with E-state index in [0.29, 0.717) is 43.7 Å². The third-order valence-corrected chi connectivity index (χ3v) is 6.20. The van der Waals surface area contributed by atoms with Crippen LogP contribution in [0.25, 0.3) is 0 Å². The third-order valence-electron chi connectivity index (χ3n) is 6.20. The molecule has 1 aromatic heterocycles. The molecular formula is C30H39N3O4. The number of aliphatic hydroxyl groups is 1. The maximum atomic E-state index is 13.3. The van der Waals surface area contributed by atoms with Crippen LogP contribution in [0.4, 0.5) is 0 Å². The molecule has 0 aliphatic heterocycles. The van der Waals surface area contributed by atoms with Crippen LogP contribution in [-0.2, 0) is 13.0 Å². The summed E-state index contributed by atoms with van der Waals surface area (Å²) in [5.74, 6) is -0.396. The molecule has 0 radical (unpaired) electrons. The van der Waals surface area contributed by atoms with Crippen molar-refractivity contribution < 1.29 is 19.1 Å². The molecular weight excluding hydrogens is 466 g/mol. The Hall–Kier alpha value is -3.42. The minimum atomic E-state index is -0.835. The van der Waals surface area contributed by atoms with Crippen molar-refractivity contribution in [2.45, 2.75) is 58.7 Å². The van der Waals surface area contributed by atoms with Crippen LogP contribution in [0.3, 0.4) is 0 Å². The van der Waals surface area contributed by atoms with E-state index in [1.807, 2.05) is 68.1 Å². The van der Waals surface area contributed by atoms with Gasteiger partial charge in [0.1, 0.15) is 0 Å².